The van der Waals surface area contributed by atoms with Crippen LogP contribution in [-0.4, -0.2) is 36.6 Å². The van der Waals surface area contributed by atoms with Crippen molar-refractivity contribution >= 4 is 22.4 Å². The molecule has 6 heteroatoms. The molecule has 0 spiro atoms. The molecule has 0 bridgehead atoms. The number of carbonyl (C=O) groups is 1. The molecular weight excluding hydrogens is 286 g/mol. The molecule has 5 nitrogen and oxygen atoms in total. The molecule has 1 aliphatic rings. The van der Waals surface area contributed by atoms with Gasteiger partial charge in [-0.2, -0.15) is 4.37 Å². The second kappa shape index (κ2) is 7.75. The SMILES string of the molecule is CNc1snc(C)c1C(=O)NCCO[C@@H]1CCCC[C@H]1C. The molecule has 1 fully saturated rings. The molecule has 0 radical (unpaired) electrons. The minimum Gasteiger partial charge on any atom is -0.378 e. The molecule has 1 aromatic heterocycles. The van der Waals surface area contributed by atoms with Gasteiger partial charge in [0.2, 0.25) is 0 Å². The van der Waals surface area contributed by atoms with Crippen LogP contribution in [0.4, 0.5) is 5.00 Å². The van der Waals surface area contributed by atoms with Gasteiger partial charge in [-0.25, -0.2) is 0 Å². The third-order valence-corrected chi connectivity index (χ3v) is 5.03. The van der Waals surface area contributed by atoms with Gasteiger partial charge in [0.1, 0.15) is 5.00 Å². The third kappa shape index (κ3) is 4.17. The fourth-order valence-corrected chi connectivity index (χ4v) is 3.54. The zero-order valence-electron chi connectivity index (χ0n) is 13.1. The molecule has 2 atom stereocenters. The Labute approximate surface area is 130 Å². The van der Waals surface area contributed by atoms with Crippen molar-refractivity contribution < 1.29 is 9.53 Å². The average molecular weight is 311 g/mol. The number of nitrogens with zero attached hydrogens (tertiary/aromatic N) is 1. The quantitative estimate of drug-likeness (QED) is 0.793. The first-order chi connectivity index (χ1) is 10.1. The number of aryl methyl sites for hydroxylation is 1. The van der Waals surface area contributed by atoms with Gasteiger partial charge in [0.25, 0.3) is 5.91 Å². The fourth-order valence-electron chi connectivity index (χ4n) is 2.80. The van der Waals surface area contributed by atoms with Gasteiger partial charge in [-0.05, 0) is 37.2 Å². The van der Waals surface area contributed by atoms with E-state index < -0.39 is 0 Å². The third-order valence-electron chi connectivity index (χ3n) is 4.07. The summed E-state index contributed by atoms with van der Waals surface area (Å²) in [7, 11) is 1.80. The van der Waals surface area contributed by atoms with Gasteiger partial charge in [-0.1, -0.05) is 19.8 Å². The smallest absolute Gasteiger partial charge is 0.256 e. The van der Waals surface area contributed by atoms with Gasteiger partial charge in [0.15, 0.2) is 0 Å². The van der Waals surface area contributed by atoms with E-state index in [0.29, 0.717) is 30.7 Å². The second-order valence-corrected chi connectivity index (χ2v) is 6.42. The van der Waals surface area contributed by atoms with Crippen molar-refractivity contribution in [1.29, 1.82) is 0 Å². The average Bonchev–Trinajstić information content (AvgIpc) is 2.86. The van der Waals surface area contributed by atoms with Gasteiger partial charge < -0.3 is 15.4 Å². The van der Waals surface area contributed by atoms with Crippen molar-refractivity contribution in [3.8, 4) is 0 Å². The maximum Gasteiger partial charge on any atom is 0.256 e. The Morgan fingerprint density at radius 2 is 2.19 bits per heavy atom. The van der Waals surface area contributed by atoms with Crippen molar-refractivity contribution in [1.82, 2.24) is 9.69 Å². The first kappa shape index (κ1) is 16.2. The number of rotatable bonds is 6. The molecule has 118 valence electrons. The summed E-state index contributed by atoms with van der Waals surface area (Å²) in [4.78, 5) is 12.2. The Morgan fingerprint density at radius 3 is 2.90 bits per heavy atom. The van der Waals surface area contributed by atoms with E-state index >= 15 is 0 Å². The molecule has 0 unspecified atom stereocenters. The van der Waals surface area contributed by atoms with Crippen LogP contribution < -0.4 is 10.6 Å². The normalized spacial score (nSPS) is 22.0. The zero-order chi connectivity index (χ0) is 15.2. The number of anilines is 1. The summed E-state index contributed by atoms with van der Waals surface area (Å²) in [5, 5.41) is 6.74. The van der Waals surface area contributed by atoms with Gasteiger partial charge in [-0.15, -0.1) is 0 Å². The Bertz CT molecular complexity index is 475. The molecule has 2 N–H and O–H groups in total. The first-order valence-corrected chi connectivity index (χ1v) is 8.44. The lowest BCUT2D eigenvalue weighted by Gasteiger charge is -2.28. The van der Waals surface area contributed by atoms with Crippen molar-refractivity contribution in [2.24, 2.45) is 5.92 Å². The monoisotopic (exact) mass is 311 g/mol. The molecule has 1 heterocycles. The summed E-state index contributed by atoms with van der Waals surface area (Å²) < 4.78 is 10.1. The summed E-state index contributed by atoms with van der Waals surface area (Å²) in [6.45, 7) is 5.22. The summed E-state index contributed by atoms with van der Waals surface area (Å²) in [5.74, 6) is 0.555. The maximum absolute atomic E-state index is 12.2. The van der Waals surface area contributed by atoms with Gasteiger partial charge >= 0.3 is 0 Å². The van der Waals surface area contributed by atoms with Crippen molar-refractivity contribution in [3.63, 3.8) is 0 Å². The van der Waals surface area contributed by atoms with Crippen LogP contribution in [0, 0.1) is 12.8 Å². The molecule has 1 amide bonds. The second-order valence-electron chi connectivity index (χ2n) is 5.65. The number of hydrogen-bond acceptors (Lipinski definition) is 5. The number of nitrogens with one attached hydrogen (secondary N) is 2. The Morgan fingerprint density at radius 1 is 1.43 bits per heavy atom. The summed E-state index contributed by atoms with van der Waals surface area (Å²) in [5.41, 5.74) is 1.41. The molecule has 1 saturated carbocycles. The van der Waals surface area contributed by atoms with E-state index in [1.54, 1.807) is 7.05 Å². The van der Waals surface area contributed by atoms with E-state index in [4.69, 9.17) is 4.74 Å². The predicted molar refractivity (Wildman–Crippen MR) is 86.1 cm³/mol. The van der Waals surface area contributed by atoms with Crippen molar-refractivity contribution in [2.75, 3.05) is 25.5 Å². The van der Waals surface area contributed by atoms with Gasteiger partial charge in [0, 0.05) is 13.6 Å². The first-order valence-electron chi connectivity index (χ1n) is 7.67. The van der Waals surface area contributed by atoms with E-state index in [1.165, 1.54) is 30.8 Å². The number of aromatic nitrogens is 1. The van der Waals surface area contributed by atoms with Crippen molar-refractivity contribution in [3.05, 3.63) is 11.3 Å². The number of hydrogen-bond donors (Lipinski definition) is 2. The molecule has 1 aliphatic carbocycles. The highest BCUT2D eigenvalue weighted by Crippen LogP contribution is 2.26. The molecule has 2 rings (SSSR count). The van der Waals surface area contributed by atoms with Gasteiger partial charge in [-0.3, -0.25) is 4.79 Å². The molecule has 21 heavy (non-hydrogen) atoms. The lowest BCUT2D eigenvalue weighted by molar-refractivity contribution is -0.00293. The van der Waals surface area contributed by atoms with E-state index in [2.05, 4.69) is 21.9 Å². The van der Waals surface area contributed by atoms with Crippen LogP contribution in [0.15, 0.2) is 0 Å². The van der Waals surface area contributed by atoms with E-state index in [0.717, 1.165) is 17.1 Å². The lowest BCUT2D eigenvalue weighted by atomic mass is 9.88. The molecule has 0 aromatic carbocycles. The Kier molecular flexibility index (Phi) is 5.99. The summed E-state index contributed by atoms with van der Waals surface area (Å²) in [6.07, 6.45) is 5.32. The van der Waals surface area contributed by atoms with Crippen LogP contribution in [-0.2, 0) is 4.74 Å². The summed E-state index contributed by atoms with van der Waals surface area (Å²) in [6, 6.07) is 0. The lowest BCUT2D eigenvalue weighted by Crippen LogP contribution is -2.32. The van der Waals surface area contributed by atoms with Crippen LogP contribution in [0.5, 0.6) is 0 Å². The van der Waals surface area contributed by atoms with Crippen molar-refractivity contribution in [2.45, 2.75) is 45.6 Å². The highest BCUT2D eigenvalue weighted by molar-refractivity contribution is 7.10. The van der Waals surface area contributed by atoms with E-state index in [9.17, 15) is 4.79 Å². The Balaban J connectivity index is 1.75. The maximum atomic E-state index is 12.2. The van der Waals surface area contributed by atoms with Crippen LogP contribution in [0.3, 0.4) is 0 Å². The predicted octanol–water partition coefficient (Wildman–Crippen LogP) is 2.82. The summed E-state index contributed by atoms with van der Waals surface area (Å²) >= 11 is 1.31. The van der Waals surface area contributed by atoms with Gasteiger partial charge in [0.05, 0.1) is 24.0 Å². The van der Waals surface area contributed by atoms with E-state index in [1.807, 2.05) is 6.92 Å². The van der Waals surface area contributed by atoms with Crippen LogP contribution in [0.2, 0.25) is 0 Å². The standard InChI is InChI=1S/C15H25N3O2S/c1-10-6-4-5-7-12(10)20-9-8-17-14(19)13-11(2)18-21-15(13)16-3/h10,12,16H,4-9H2,1-3H3,(H,17,19)/t10-,12-/m1/s1. The minimum atomic E-state index is -0.0779. The number of ether oxygens (including phenoxy) is 1. The molecule has 0 aliphatic heterocycles. The Hall–Kier alpha value is -1.14. The largest absolute Gasteiger partial charge is 0.378 e. The highest BCUT2D eigenvalue weighted by atomic mass is 32.1. The zero-order valence-corrected chi connectivity index (χ0v) is 13.9. The van der Waals surface area contributed by atoms with Crippen LogP contribution in [0.25, 0.3) is 0 Å². The fraction of sp³-hybridized carbons (Fsp3) is 0.733. The minimum absolute atomic E-state index is 0.0779. The molecular formula is C15H25N3O2S. The highest BCUT2D eigenvalue weighted by Gasteiger charge is 2.22. The van der Waals surface area contributed by atoms with Crippen LogP contribution in [0.1, 0.15) is 48.7 Å². The van der Waals surface area contributed by atoms with E-state index in [-0.39, 0.29) is 5.91 Å². The number of amides is 1. The number of carbonyl (C=O) groups excluding carboxylic acids is 1. The van der Waals surface area contributed by atoms with Crippen LogP contribution >= 0.6 is 11.5 Å². The topological polar surface area (TPSA) is 63.2 Å². The molecule has 1 aromatic rings. The molecule has 0 saturated heterocycles.